The Morgan fingerprint density at radius 1 is 0.815 bits per heavy atom. The van der Waals surface area contributed by atoms with Gasteiger partial charge in [-0.05, 0) is 42.5 Å². The lowest BCUT2D eigenvalue weighted by Crippen LogP contribution is -2.29. The van der Waals surface area contributed by atoms with Gasteiger partial charge in [0.2, 0.25) is 5.89 Å². The van der Waals surface area contributed by atoms with Crippen LogP contribution in [0.15, 0.2) is 71.1 Å². The number of hydrogen-bond acceptors (Lipinski definition) is 4. The molecule has 5 rings (SSSR count). The molecule has 1 aliphatic rings. The Labute approximate surface area is 152 Å². The van der Waals surface area contributed by atoms with Crippen molar-refractivity contribution >= 4 is 28.6 Å². The summed E-state index contributed by atoms with van der Waals surface area (Å²) in [5, 5.41) is 0. The van der Waals surface area contributed by atoms with Crippen LogP contribution in [0, 0.1) is 5.82 Å². The number of fused-ring (bicyclic) bond motifs is 2. The predicted molar refractivity (Wildman–Crippen MR) is 97.0 cm³/mol. The molecule has 3 aromatic carbocycles. The number of para-hydroxylation sites is 2. The van der Waals surface area contributed by atoms with Crippen LogP contribution in [0.5, 0.6) is 0 Å². The van der Waals surface area contributed by atoms with E-state index in [1.165, 1.54) is 18.2 Å². The van der Waals surface area contributed by atoms with Gasteiger partial charge >= 0.3 is 0 Å². The second-order valence-corrected chi connectivity index (χ2v) is 6.14. The molecule has 0 atom stereocenters. The summed E-state index contributed by atoms with van der Waals surface area (Å²) in [6.07, 6.45) is 0. The molecule has 0 unspecified atom stereocenters. The number of amides is 2. The molecule has 0 spiro atoms. The number of aromatic nitrogens is 1. The molecule has 1 aliphatic heterocycles. The Kier molecular flexibility index (Phi) is 3.21. The summed E-state index contributed by atoms with van der Waals surface area (Å²) in [5.74, 6) is -1.34. The molecule has 0 saturated heterocycles. The fourth-order valence-electron chi connectivity index (χ4n) is 3.23. The van der Waals surface area contributed by atoms with Crippen molar-refractivity contribution in [1.82, 2.24) is 4.98 Å². The first-order valence-corrected chi connectivity index (χ1v) is 8.27. The monoisotopic (exact) mass is 358 g/mol. The molecule has 0 radical (unpaired) electrons. The van der Waals surface area contributed by atoms with E-state index in [0.29, 0.717) is 22.2 Å². The van der Waals surface area contributed by atoms with Crippen LogP contribution in [0.4, 0.5) is 10.1 Å². The Morgan fingerprint density at radius 2 is 1.48 bits per heavy atom. The fraction of sp³-hybridized carbons (Fsp3) is 0. The van der Waals surface area contributed by atoms with Crippen molar-refractivity contribution < 1.29 is 18.4 Å². The van der Waals surface area contributed by atoms with Crippen LogP contribution in [-0.4, -0.2) is 16.8 Å². The highest BCUT2D eigenvalue weighted by Crippen LogP contribution is 2.33. The lowest BCUT2D eigenvalue weighted by Gasteiger charge is -2.14. The van der Waals surface area contributed by atoms with Gasteiger partial charge in [0.05, 0.1) is 22.4 Å². The van der Waals surface area contributed by atoms with Gasteiger partial charge in [0.25, 0.3) is 11.8 Å². The zero-order valence-corrected chi connectivity index (χ0v) is 13.8. The van der Waals surface area contributed by atoms with Gasteiger partial charge in [-0.15, -0.1) is 0 Å². The third-order valence-corrected chi connectivity index (χ3v) is 4.53. The maximum Gasteiger partial charge on any atom is 0.266 e. The molecule has 5 nitrogen and oxygen atoms in total. The van der Waals surface area contributed by atoms with Gasteiger partial charge in [-0.25, -0.2) is 14.3 Å². The summed E-state index contributed by atoms with van der Waals surface area (Å²) in [6.45, 7) is 0. The molecule has 0 fully saturated rings. The number of carbonyl (C=O) groups is 2. The van der Waals surface area contributed by atoms with E-state index in [0.717, 1.165) is 4.90 Å². The number of nitrogens with zero attached hydrogens (tertiary/aromatic N) is 2. The second-order valence-electron chi connectivity index (χ2n) is 6.14. The first-order valence-electron chi connectivity index (χ1n) is 8.27. The number of carbonyl (C=O) groups excluding carboxylic acids is 2. The lowest BCUT2D eigenvalue weighted by atomic mass is 10.1. The normalized spacial score (nSPS) is 13.4. The highest BCUT2D eigenvalue weighted by molar-refractivity contribution is 6.34. The number of halogens is 1. The number of benzene rings is 3. The maximum absolute atomic E-state index is 14.4. The minimum Gasteiger partial charge on any atom is -0.436 e. The van der Waals surface area contributed by atoms with Crippen LogP contribution in [0.3, 0.4) is 0 Å². The summed E-state index contributed by atoms with van der Waals surface area (Å²) in [5.41, 5.74) is 2.13. The summed E-state index contributed by atoms with van der Waals surface area (Å²) >= 11 is 0. The Hall–Kier alpha value is -3.80. The summed E-state index contributed by atoms with van der Waals surface area (Å²) in [4.78, 5) is 30.6. The summed E-state index contributed by atoms with van der Waals surface area (Å²) in [7, 11) is 0. The Balaban J connectivity index is 1.63. The molecule has 0 aliphatic carbocycles. The van der Waals surface area contributed by atoms with Crippen molar-refractivity contribution in [2.24, 2.45) is 0 Å². The van der Waals surface area contributed by atoms with Crippen LogP contribution < -0.4 is 4.90 Å². The van der Waals surface area contributed by atoms with Crippen molar-refractivity contribution in [2.45, 2.75) is 0 Å². The second kappa shape index (κ2) is 5.60. The first-order chi connectivity index (χ1) is 13.1. The molecule has 2 heterocycles. The molecule has 27 heavy (non-hydrogen) atoms. The zero-order chi connectivity index (χ0) is 18.5. The van der Waals surface area contributed by atoms with Crippen LogP contribution in [0.2, 0.25) is 0 Å². The Morgan fingerprint density at radius 3 is 2.19 bits per heavy atom. The largest absolute Gasteiger partial charge is 0.436 e. The summed E-state index contributed by atoms with van der Waals surface area (Å²) in [6, 6.07) is 17.7. The molecule has 0 N–H and O–H groups in total. The maximum atomic E-state index is 14.4. The molecular formula is C21H11FN2O3. The average Bonchev–Trinajstić information content (AvgIpc) is 3.22. The number of oxazole rings is 1. The minimum absolute atomic E-state index is 0.0836. The van der Waals surface area contributed by atoms with E-state index >= 15 is 0 Å². The lowest BCUT2D eigenvalue weighted by molar-refractivity contribution is 0.0926. The SMILES string of the molecule is O=C1c2ccccc2C(=O)N1c1ccc(F)c(-c2nc3ccccc3o2)c1. The quantitative estimate of drug-likeness (QED) is 0.497. The van der Waals surface area contributed by atoms with Gasteiger partial charge in [0, 0.05) is 0 Å². The molecule has 4 aromatic rings. The fourth-order valence-corrected chi connectivity index (χ4v) is 3.23. The van der Waals surface area contributed by atoms with Gasteiger partial charge in [0.15, 0.2) is 5.58 Å². The smallest absolute Gasteiger partial charge is 0.266 e. The van der Waals surface area contributed by atoms with Crippen molar-refractivity contribution in [2.75, 3.05) is 4.90 Å². The highest BCUT2D eigenvalue weighted by atomic mass is 19.1. The van der Waals surface area contributed by atoms with Crippen LogP contribution >= 0.6 is 0 Å². The predicted octanol–water partition coefficient (Wildman–Crippen LogP) is 4.43. The Bertz CT molecular complexity index is 1180. The van der Waals surface area contributed by atoms with Gasteiger partial charge in [-0.3, -0.25) is 9.59 Å². The molecule has 6 heteroatoms. The van der Waals surface area contributed by atoms with E-state index in [1.54, 1.807) is 48.5 Å². The molecule has 1 aromatic heterocycles. The minimum atomic E-state index is -0.554. The average molecular weight is 358 g/mol. The number of hydrogen-bond donors (Lipinski definition) is 0. The summed E-state index contributed by atoms with van der Waals surface area (Å²) < 4.78 is 20.1. The van der Waals surface area contributed by atoms with Crippen LogP contribution in [0.25, 0.3) is 22.6 Å². The van der Waals surface area contributed by atoms with Gasteiger partial charge in [-0.1, -0.05) is 24.3 Å². The molecule has 0 saturated carbocycles. The van der Waals surface area contributed by atoms with E-state index < -0.39 is 17.6 Å². The van der Waals surface area contributed by atoms with E-state index in [9.17, 15) is 14.0 Å². The highest BCUT2D eigenvalue weighted by Gasteiger charge is 2.36. The molecule has 130 valence electrons. The van der Waals surface area contributed by atoms with Gasteiger partial charge < -0.3 is 4.42 Å². The number of rotatable bonds is 2. The topological polar surface area (TPSA) is 63.4 Å². The van der Waals surface area contributed by atoms with Crippen molar-refractivity contribution in [3.8, 4) is 11.5 Å². The standard InChI is InChI=1S/C21H11FN2O3/c22-16-10-9-12(24-20(25)13-5-1-2-6-14(13)21(24)26)11-15(16)19-23-17-7-3-4-8-18(17)27-19/h1-11H. The number of imide groups is 1. The van der Waals surface area contributed by atoms with Crippen molar-refractivity contribution in [1.29, 1.82) is 0 Å². The third kappa shape index (κ3) is 2.27. The van der Waals surface area contributed by atoms with Crippen molar-refractivity contribution in [3.63, 3.8) is 0 Å². The van der Waals surface area contributed by atoms with Crippen LogP contribution in [0.1, 0.15) is 20.7 Å². The van der Waals surface area contributed by atoms with Crippen molar-refractivity contribution in [3.05, 3.63) is 83.7 Å². The first kappa shape index (κ1) is 15.5. The van der Waals surface area contributed by atoms with Gasteiger partial charge in [0.1, 0.15) is 11.3 Å². The van der Waals surface area contributed by atoms with E-state index in [2.05, 4.69) is 4.98 Å². The zero-order valence-electron chi connectivity index (χ0n) is 13.8. The van der Waals surface area contributed by atoms with E-state index in [1.807, 2.05) is 0 Å². The molecule has 0 bridgehead atoms. The molecule has 2 amide bonds. The van der Waals surface area contributed by atoms with E-state index in [-0.39, 0.29) is 17.1 Å². The third-order valence-electron chi connectivity index (χ3n) is 4.53. The van der Waals surface area contributed by atoms with E-state index in [4.69, 9.17) is 4.42 Å². The molecular weight excluding hydrogens is 347 g/mol. The number of anilines is 1. The van der Waals surface area contributed by atoms with Gasteiger partial charge in [-0.2, -0.15) is 0 Å². The van der Waals surface area contributed by atoms with Crippen LogP contribution in [-0.2, 0) is 0 Å².